The number of nitrogens with one attached hydrogen (secondary N) is 1. The van der Waals surface area contributed by atoms with Crippen LogP contribution in [0, 0.1) is 5.41 Å². The predicted octanol–water partition coefficient (Wildman–Crippen LogP) is 2.87. The number of rotatable bonds is 10. The normalized spacial score (nSPS) is 16.2. The van der Waals surface area contributed by atoms with Crippen LogP contribution in [0.2, 0.25) is 0 Å². The topological polar surface area (TPSA) is 102 Å². The van der Waals surface area contributed by atoms with E-state index in [0.717, 1.165) is 38.5 Å². The van der Waals surface area contributed by atoms with E-state index in [4.69, 9.17) is 14.6 Å². The fourth-order valence-corrected chi connectivity index (χ4v) is 3.04. The van der Waals surface area contributed by atoms with Gasteiger partial charge in [-0.15, -0.1) is 0 Å². The highest BCUT2D eigenvalue weighted by Crippen LogP contribution is 2.38. The molecule has 1 amide bonds. The van der Waals surface area contributed by atoms with E-state index in [1.54, 1.807) is 0 Å². The van der Waals surface area contributed by atoms with E-state index in [0.29, 0.717) is 19.4 Å². The van der Waals surface area contributed by atoms with Crippen molar-refractivity contribution in [1.82, 2.24) is 5.32 Å². The Bertz CT molecular complexity index is 417. The Kier molecular flexibility index (Phi) is 9.19. The number of carboxylic acids is 1. The summed E-state index contributed by atoms with van der Waals surface area (Å²) in [6.45, 7) is 2.62. The third-order valence-electron chi connectivity index (χ3n) is 4.29. The summed E-state index contributed by atoms with van der Waals surface area (Å²) in [5.41, 5.74) is -0.362. The van der Waals surface area contributed by atoms with E-state index < -0.39 is 12.1 Å². The number of carbonyl (C=O) groups is 3. The molecule has 0 heterocycles. The first kappa shape index (κ1) is 20.3. The fourth-order valence-electron chi connectivity index (χ4n) is 3.04. The van der Waals surface area contributed by atoms with Gasteiger partial charge in [-0.1, -0.05) is 26.2 Å². The molecule has 1 fully saturated rings. The van der Waals surface area contributed by atoms with Crippen LogP contribution in [0.25, 0.3) is 0 Å². The number of ether oxygens (including phenoxy) is 2. The van der Waals surface area contributed by atoms with Gasteiger partial charge in [-0.3, -0.25) is 9.59 Å². The lowest BCUT2D eigenvalue weighted by Crippen LogP contribution is -2.40. The molecule has 1 aliphatic carbocycles. The highest BCUT2D eigenvalue weighted by molar-refractivity contribution is 5.69. The van der Waals surface area contributed by atoms with Crippen molar-refractivity contribution in [2.24, 2.45) is 5.41 Å². The minimum Gasteiger partial charge on any atom is -0.481 e. The van der Waals surface area contributed by atoms with Gasteiger partial charge in [0.05, 0.1) is 19.6 Å². The summed E-state index contributed by atoms with van der Waals surface area (Å²) in [5.74, 6) is -1.07. The van der Waals surface area contributed by atoms with Crippen LogP contribution < -0.4 is 5.32 Å². The van der Waals surface area contributed by atoms with Crippen molar-refractivity contribution in [3.63, 3.8) is 0 Å². The second kappa shape index (κ2) is 10.9. The molecule has 0 unspecified atom stereocenters. The zero-order valence-electron chi connectivity index (χ0n) is 14.5. The van der Waals surface area contributed by atoms with Gasteiger partial charge in [0.1, 0.15) is 0 Å². The second-order valence-corrected chi connectivity index (χ2v) is 6.44. The number of alkyl carbamates (subject to hydrolysis) is 1. The number of hydrogen-bond donors (Lipinski definition) is 2. The zero-order chi connectivity index (χ0) is 17.8. The minimum atomic E-state index is -0.832. The third-order valence-corrected chi connectivity index (χ3v) is 4.29. The molecule has 7 heteroatoms. The van der Waals surface area contributed by atoms with Gasteiger partial charge in [0.2, 0.25) is 0 Å². The number of hydrogen-bond acceptors (Lipinski definition) is 5. The molecule has 0 aliphatic heterocycles. The molecule has 0 bridgehead atoms. The van der Waals surface area contributed by atoms with Crippen molar-refractivity contribution in [1.29, 1.82) is 0 Å². The fraction of sp³-hybridized carbons (Fsp3) is 0.824. The van der Waals surface area contributed by atoms with Crippen LogP contribution in [0.3, 0.4) is 0 Å². The molecular formula is C17H29NO6. The van der Waals surface area contributed by atoms with Gasteiger partial charge >= 0.3 is 18.0 Å². The van der Waals surface area contributed by atoms with E-state index >= 15 is 0 Å². The first-order valence-electron chi connectivity index (χ1n) is 8.75. The van der Waals surface area contributed by atoms with Crippen molar-refractivity contribution in [3.8, 4) is 0 Å². The molecular weight excluding hydrogens is 314 g/mol. The van der Waals surface area contributed by atoms with Gasteiger partial charge in [-0.2, -0.15) is 0 Å². The standard InChI is InChI=1S/C17H29NO6/c1-2-7-15(21)23-10-6-11-24-16(22)18-13-17(12-14(19)20)8-4-3-5-9-17/h2-13H2,1H3,(H,18,22)(H,19,20). The van der Waals surface area contributed by atoms with Gasteiger partial charge in [-0.25, -0.2) is 4.79 Å². The van der Waals surface area contributed by atoms with Crippen LogP contribution in [0.1, 0.15) is 64.7 Å². The Morgan fingerprint density at radius 1 is 1.08 bits per heavy atom. The van der Waals surface area contributed by atoms with Gasteiger partial charge in [0.25, 0.3) is 0 Å². The Morgan fingerprint density at radius 3 is 2.38 bits per heavy atom. The third kappa shape index (κ3) is 8.17. The molecule has 24 heavy (non-hydrogen) atoms. The number of carboxylic acid groups (broad SMARTS) is 1. The summed E-state index contributed by atoms with van der Waals surface area (Å²) < 4.78 is 10.00. The van der Waals surface area contributed by atoms with E-state index in [9.17, 15) is 14.4 Å². The van der Waals surface area contributed by atoms with Crippen molar-refractivity contribution in [2.75, 3.05) is 19.8 Å². The molecule has 138 valence electrons. The Labute approximate surface area is 143 Å². The molecule has 0 aromatic heterocycles. The SMILES string of the molecule is CCCC(=O)OCCCOC(=O)NCC1(CC(=O)O)CCCCC1. The van der Waals surface area contributed by atoms with Crippen molar-refractivity contribution in [2.45, 2.75) is 64.7 Å². The van der Waals surface area contributed by atoms with Crippen molar-refractivity contribution >= 4 is 18.0 Å². The summed E-state index contributed by atoms with van der Waals surface area (Å²) in [5, 5.41) is 11.8. The summed E-state index contributed by atoms with van der Waals surface area (Å²) >= 11 is 0. The molecule has 0 radical (unpaired) electrons. The van der Waals surface area contributed by atoms with Crippen molar-refractivity contribution in [3.05, 3.63) is 0 Å². The quantitative estimate of drug-likeness (QED) is 0.467. The maximum absolute atomic E-state index is 11.7. The molecule has 0 atom stereocenters. The highest BCUT2D eigenvalue weighted by Gasteiger charge is 2.34. The van der Waals surface area contributed by atoms with Crippen LogP contribution in [0.4, 0.5) is 4.79 Å². The molecule has 1 saturated carbocycles. The van der Waals surface area contributed by atoms with E-state index in [2.05, 4.69) is 5.32 Å². The summed E-state index contributed by atoms with van der Waals surface area (Å²) in [6.07, 6.45) is 5.83. The average molecular weight is 343 g/mol. The van der Waals surface area contributed by atoms with Gasteiger partial charge in [-0.05, 0) is 24.7 Å². The maximum atomic E-state index is 11.7. The van der Waals surface area contributed by atoms with E-state index in [1.807, 2.05) is 6.92 Å². The van der Waals surface area contributed by atoms with Gasteiger partial charge < -0.3 is 19.9 Å². The number of aliphatic carboxylic acids is 1. The smallest absolute Gasteiger partial charge is 0.407 e. The van der Waals surface area contributed by atoms with Gasteiger partial charge in [0.15, 0.2) is 0 Å². The molecule has 1 rings (SSSR count). The van der Waals surface area contributed by atoms with Crippen LogP contribution in [-0.4, -0.2) is 42.9 Å². The first-order chi connectivity index (χ1) is 11.5. The Hall–Kier alpha value is -1.79. The van der Waals surface area contributed by atoms with Gasteiger partial charge in [0, 0.05) is 19.4 Å². The minimum absolute atomic E-state index is 0.0701. The molecule has 7 nitrogen and oxygen atoms in total. The molecule has 1 aliphatic rings. The summed E-state index contributed by atoms with van der Waals surface area (Å²) in [6, 6.07) is 0. The Morgan fingerprint density at radius 2 is 1.75 bits per heavy atom. The Balaban J connectivity index is 2.21. The van der Waals surface area contributed by atoms with E-state index in [-0.39, 0.29) is 31.0 Å². The summed E-state index contributed by atoms with van der Waals surface area (Å²) in [7, 11) is 0. The monoisotopic (exact) mass is 343 g/mol. The first-order valence-corrected chi connectivity index (χ1v) is 8.75. The lowest BCUT2D eigenvalue weighted by atomic mass is 9.72. The van der Waals surface area contributed by atoms with Crippen LogP contribution >= 0.6 is 0 Å². The number of carbonyl (C=O) groups excluding carboxylic acids is 2. The van der Waals surface area contributed by atoms with Crippen molar-refractivity contribution < 1.29 is 29.0 Å². The number of esters is 1. The predicted molar refractivity (Wildman–Crippen MR) is 87.6 cm³/mol. The van der Waals surface area contributed by atoms with Crippen LogP contribution in [0.15, 0.2) is 0 Å². The maximum Gasteiger partial charge on any atom is 0.407 e. The second-order valence-electron chi connectivity index (χ2n) is 6.44. The molecule has 0 spiro atoms. The average Bonchev–Trinajstić information content (AvgIpc) is 2.53. The molecule has 0 aromatic carbocycles. The van der Waals surface area contributed by atoms with Crippen LogP contribution in [-0.2, 0) is 19.1 Å². The zero-order valence-corrected chi connectivity index (χ0v) is 14.5. The highest BCUT2D eigenvalue weighted by atomic mass is 16.6. The molecule has 0 aromatic rings. The van der Waals surface area contributed by atoms with Crippen LogP contribution in [0.5, 0.6) is 0 Å². The largest absolute Gasteiger partial charge is 0.481 e. The molecule has 2 N–H and O–H groups in total. The molecule has 0 saturated heterocycles. The summed E-state index contributed by atoms with van der Waals surface area (Å²) in [4.78, 5) is 34.0. The lowest BCUT2D eigenvalue weighted by Gasteiger charge is -2.36. The lowest BCUT2D eigenvalue weighted by molar-refractivity contribution is -0.144. The van der Waals surface area contributed by atoms with E-state index in [1.165, 1.54) is 0 Å². The number of amides is 1.